The lowest BCUT2D eigenvalue weighted by molar-refractivity contribution is 0.00578. The van der Waals surface area contributed by atoms with Crippen molar-refractivity contribution in [1.82, 2.24) is 4.98 Å². The Morgan fingerprint density at radius 3 is 2.45 bits per heavy atom. The molecule has 4 heteroatoms. The van der Waals surface area contributed by atoms with Crippen molar-refractivity contribution < 1.29 is 9.31 Å². The molecule has 0 unspecified atom stereocenters. The second kappa shape index (κ2) is 4.44. The number of rotatable bonds is 2. The summed E-state index contributed by atoms with van der Waals surface area (Å²) in [4.78, 5) is 4.59. The van der Waals surface area contributed by atoms with E-state index >= 15 is 0 Å². The number of allylic oxidation sites excluding steroid dienone is 2. The lowest BCUT2D eigenvalue weighted by Crippen LogP contribution is -2.41. The van der Waals surface area contributed by atoms with Crippen molar-refractivity contribution in [3.05, 3.63) is 29.6 Å². The Kier molecular flexibility index (Phi) is 3.07. The van der Waals surface area contributed by atoms with Crippen molar-refractivity contribution in [3.8, 4) is 0 Å². The zero-order valence-corrected chi connectivity index (χ0v) is 13.0. The minimum Gasteiger partial charge on any atom is -0.399 e. The van der Waals surface area contributed by atoms with Gasteiger partial charge in [-0.1, -0.05) is 19.1 Å². The highest BCUT2D eigenvalue weighted by atomic mass is 16.7. The van der Waals surface area contributed by atoms with E-state index < -0.39 is 0 Å². The van der Waals surface area contributed by atoms with Gasteiger partial charge in [-0.25, -0.2) is 0 Å². The Labute approximate surface area is 121 Å². The first-order valence-corrected chi connectivity index (χ1v) is 7.38. The van der Waals surface area contributed by atoms with Crippen molar-refractivity contribution in [1.29, 1.82) is 0 Å². The van der Waals surface area contributed by atoms with E-state index in [1.807, 2.05) is 6.20 Å². The van der Waals surface area contributed by atoms with Crippen LogP contribution in [0.15, 0.2) is 18.3 Å². The predicted molar refractivity (Wildman–Crippen MR) is 81.9 cm³/mol. The van der Waals surface area contributed by atoms with Gasteiger partial charge < -0.3 is 9.31 Å². The van der Waals surface area contributed by atoms with Gasteiger partial charge in [0.05, 0.1) is 16.9 Å². The van der Waals surface area contributed by atoms with E-state index in [4.69, 9.17) is 9.31 Å². The second-order valence-electron chi connectivity index (χ2n) is 6.64. The van der Waals surface area contributed by atoms with E-state index in [1.165, 1.54) is 16.8 Å². The maximum absolute atomic E-state index is 6.10. The molecule has 1 fully saturated rings. The summed E-state index contributed by atoms with van der Waals surface area (Å²) < 4.78 is 12.2. The van der Waals surface area contributed by atoms with Crippen LogP contribution in [0.5, 0.6) is 0 Å². The number of hydrogen-bond acceptors (Lipinski definition) is 3. The molecule has 0 bridgehead atoms. The maximum atomic E-state index is 6.10. The van der Waals surface area contributed by atoms with Gasteiger partial charge in [0, 0.05) is 18.1 Å². The van der Waals surface area contributed by atoms with E-state index in [0.717, 1.165) is 18.3 Å². The summed E-state index contributed by atoms with van der Waals surface area (Å²) in [5, 5.41) is 0. The molecule has 2 aliphatic rings. The van der Waals surface area contributed by atoms with Crippen LogP contribution in [0.1, 0.15) is 52.3 Å². The Balaban J connectivity index is 1.92. The average Bonchev–Trinajstić information content (AvgIpc) is 2.87. The molecule has 1 aromatic rings. The number of aromatic nitrogens is 1. The number of hydrogen-bond donors (Lipinski definition) is 0. The summed E-state index contributed by atoms with van der Waals surface area (Å²) in [6, 6.07) is 2.19. The minimum absolute atomic E-state index is 0.305. The third kappa shape index (κ3) is 2.02. The van der Waals surface area contributed by atoms with Gasteiger partial charge in [0.15, 0.2) is 0 Å². The van der Waals surface area contributed by atoms with Gasteiger partial charge in [-0.05, 0) is 45.3 Å². The van der Waals surface area contributed by atoms with Gasteiger partial charge in [-0.2, -0.15) is 0 Å². The van der Waals surface area contributed by atoms with Crippen LogP contribution in [-0.2, 0) is 15.7 Å². The van der Waals surface area contributed by atoms with Crippen LogP contribution in [0.3, 0.4) is 0 Å². The zero-order chi connectivity index (χ0) is 14.5. The summed E-state index contributed by atoms with van der Waals surface area (Å²) >= 11 is 0. The van der Waals surface area contributed by atoms with E-state index in [2.05, 4.69) is 51.7 Å². The van der Waals surface area contributed by atoms with Gasteiger partial charge in [0.2, 0.25) is 0 Å². The van der Waals surface area contributed by atoms with E-state index in [0.29, 0.717) is 0 Å². The molecular formula is C16H22BNO2. The highest BCUT2D eigenvalue weighted by molar-refractivity contribution is 6.62. The average molecular weight is 271 g/mol. The highest BCUT2D eigenvalue weighted by Crippen LogP contribution is 2.37. The molecule has 0 N–H and O–H groups in total. The van der Waals surface area contributed by atoms with Crippen molar-refractivity contribution >= 4 is 18.2 Å². The Morgan fingerprint density at radius 2 is 1.85 bits per heavy atom. The Morgan fingerprint density at radius 1 is 1.20 bits per heavy atom. The van der Waals surface area contributed by atoms with Gasteiger partial charge in [0.25, 0.3) is 0 Å². The van der Waals surface area contributed by atoms with E-state index in [9.17, 15) is 0 Å². The Hall–Kier alpha value is -1.13. The monoisotopic (exact) mass is 271 g/mol. The standard InChI is InChI=1S/C16H22BNO2/c1-6-11-7-8-14-13(11)9-12(10-18-14)17-19-15(2,3)16(4,5)20-17/h7,9-10H,6,8H2,1-5H3. The molecule has 0 spiro atoms. The number of nitrogens with zero attached hydrogens (tertiary/aromatic N) is 1. The van der Waals surface area contributed by atoms with Crippen LogP contribution in [0.25, 0.3) is 5.57 Å². The van der Waals surface area contributed by atoms with Crippen LogP contribution in [0.4, 0.5) is 0 Å². The van der Waals surface area contributed by atoms with E-state index in [-0.39, 0.29) is 18.3 Å². The van der Waals surface area contributed by atoms with E-state index in [1.54, 1.807) is 0 Å². The molecule has 2 heterocycles. The first-order chi connectivity index (χ1) is 9.34. The fourth-order valence-electron chi connectivity index (χ4n) is 2.72. The second-order valence-corrected chi connectivity index (χ2v) is 6.64. The molecule has 3 rings (SSSR count). The van der Waals surface area contributed by atoms with Gasteiger partial charge in [0.1, 0.15) is 0 Å². The molecule has 3 nitrogen and oxygen atoms in total. The summed E-state index contributed by atoms with van der Waals surface area (Å²) in [7, 11) is -0.323. The fraction of sp³-hybridized carbons (Fsp3) is 0.562. The molecule has 1 aromatic heterocycles. The molecule has 0 aromatic carbocycles. The van der Waals surface area contributed by atoms with Crippen molar-refractivity contribution in [3.63, 3.8) is 0 Å². The third-order valence-corrected chi connectivity index (χ3v) is 4.79. The summed E-state index contributed by atoms with van der Waals surface area (Å²) in [5.74, 6) is 0. The van der Waals surface area contributed by atoms with Gasteiger partial charge in [-0.3, -0.25) is 4.98 Å². The van der Waals surface area contributed by atoms with Crippen LogP contribution >= 0.6 is 0 Å². The minimum atomic E-state index is -0.323. The van der Waals surface area contributed by atoms with Crippen LogP contribution < -0.4 is 5.46 Å². The van der Waals surface area contributed by atoms with Crippen LogP contribution in [0, 0.1) is 0 Å². The largest absolute Gasteiger partial charge is 0.496 e. The molecule has 0 atom stereocenters. The topological polar surface area (TPSA) is 31.4 Å². The SMILES string of the molecule is CCC1=CCc2ncc(B3OC(C)(C)C(C)(C)O3)cc21. The lowest BCUT2D eigenvalue weighted by Gasteiger charge is -2.32. The van der Waals surface area contributed by atoms with Crippen molar-refractivity contribution in [2.75, 3.05) is 0 Å². The highest BCUT2D eigenvalue weighted by Gasteiger charge is 2.51. The normalized spacial score (nSPS) is 22.9. The van der Waals surface area contributed by atoms with Crippen LogP contribution in [0.2, 0.25) is 0 Å². The van der Waals surface area contributed by atoms with Gasteiger partial charge in [-0.15, -0.1) is 0 Å². The molecule has 0 radical (unpaired) electrons. The molecule has 1 saturated heterocycles. The molecule has 0 amide bonds. The van der Waals surface area contributed by atoms with Crippen molar-refractivity contribution in [2.24, 2.45) is 0 Å². The molecule has 106 valence electrons. The fourth-order valence-corrected chi connectivity index (χ4v) is 2.72. The molecular weight excluding hydrogens is 249 g/mol. The number of fused-ring (bicyclic) bond motifs is 1. The summed E-state index contributed by atoms with van der Waals surface area (Å²) in [5.41, 5.74) is 4.22. The summed E-state index contributed by atoms with van der Waals surface area (Å²) in [6.07, 6.45) is 6.16. The molecule has 1 aliphatic heterocycles. The first kappa shape index (κ1) is 13.8. The summed E-state index contributed by atoms with van der Waals surface area (Å²) in [6.45, 7) is 10.5. The smallest absolute Gasteiger partial charge is 0.399 e. The molecule has 1 aliphatic carbocycles. The van der Waals surface area contributed by atoms with Crippen molar-refractivity contribution in [2.45, 2.75) is 58.7 Å². The first-order valence-electron chi connectivity index (χ1n) is 7.38. The third-order valence-electron chi connectivity index (χ3n) is 4.79. The molecule has 0 saturated carbocycles. The van der Waals surface area contributed by atoms with Gasteiger partial charge >= 0.3 is 7.12 Å². The predicted octanol–water partition coefficient (Wildman–Crippen LogP) is 2.73. The lowest BCUT2D eigenvalue weighted by atomic mass is 9.79. The molecule has 20 heavy (non-hydrogen) atoms. The van der Waals surface area contributed by atoms with Crippen LogP contribution in [-0.4, -0.2) is 23.3 Å². The quantitative estimate of drug-likeness (QED) is 0.775. The number of pyridine rings is 1. The zero-order valence-electron chi connectivity index (χ0n) is 13.0. The maximum Gasteiger partial charge on any atom is 0.496 e. The Bertz CT molecular complexity index is 562.